The molecule has 1 unspecified atom stereocenters. The first-order valence-electron chi connectivity index (χ1n) is 7.39. The van der Waals surface area contributed by atoms with Gasteiger partial charge in [0.2, 0.25) is 11.8 Å². The van der Waals surface area contributed by atoms with Gasteiger partial charge >= 0.3 is 0 Å². The minimum Gasteiger partial charge on any atom is -0.356 e. The first-order valence-corrected chi connectivity index (χ1v) is 7.39. The maximum atomic E-state index is 11.7. The predicted octanol–water partition coefficient (Wildman–Crippen LogP) is 1.42. The Morgan fingerprint density at radius 3 is 2.20 bits per heavy atom. The maximum absolute atomic E-state index is 11.7. The summed E-state index contributed by atoms with van der Waals surface area (Å²) in [5.41, 5.74) is 6.05. The molecule has 0 radical (unpaired) electrons. The molecule has 0 bridgehead atoms. The number of carbonyl (C=O) groups is 2. The Labute approximate surface area is 123 Å². The van der Waals surface area contributed by atoms with Crippen LogP contribution in [0.25, 0.3) is 0 Å². The van der Waals surface area contributed by atoms with Gasteiger partial charge in [-0.05, 0) is 17.8 Å². The van der Waals surface area contributed by atoms with Crippen LogP contribution < -0.4 is 16.4 Å². The van der Waals surface area contributed by atoms with Crippen LogP contribution in [0.4, 0.5) is 0 Å². The van der Waals surface area contributed by atoms with Crippen LogP contribution in [0.1, 0.15) is 53.9 Å². The zero-order chi connectivity index (χ0) is 15.8. The molecule has 0 aliphatic rings. The second-order valence-electron chi connectivity index (χ2n) is 7.03. The molecule has 0 aliphatic carbocycles. The van der Waals surface area contributed by atoms with Gasteiger partial charge in [0, 0.05) is 32.0 Å². The van der Waals surface area contributed by atoms with E-state index in [4.69, 9.17) is 5.73 Å². The monoisotopic (exact) mass is 285 g/mol. The normalized spacial score (nSPS) is 13.2. The molecule has 1 atom stereocenters. The van der Waals surface area contributed by atoms with E-state index in [2.05, 4.69) is 31.4 Å². The van der Waals surface area contributed by atoms with Crippen LogP contribution in [0.5, 0.6) is 0 Å². The Balaban J connectivity index is 3.75. The summed E-state index contributed by atoms with van der Waals surface area (Å²) in [6.07, 6.45) is 1.42. The van der Waals surface area contributed by atoms with E-state index < -0.39 is 0 Å². The molecule has 0 spiro atoms. The van der Waals surface area contributed by atoms with Gasteiger partial charge in [-0.25, -0.2) is 0 Å². The van der Waals surface area contributed by atoms with Gasteiger partial charge in [-0.15, -0.1) is 0 Å². The van der Waals surface area contributed by atoms with Crippen molar-refractivity contribution in [2.75, 3.05) is 13.1 Å². The molecular weight excluding hydrogens is 254 g/mol. The minimum atomic E-state index is -0.134. The van der Waals surface area contributed by atoms with Crippen LogP contribution in [-0.4, -0.2) is 30.9 Å². The number of rotatable bonds is 8. The Morgan fingerprint density at radius 2 is 1.70 bits per heavy atom. The van der Waals surface area contributed by atoms with Crippen molar-refractivity contribution in [2.45, 2.75) is 59.9 Å². The lowest BCUT2D eigenvalue weighted by molar-refractivity contribution is -0.122. The maximum Gasteiger partial charge on any atom is 0.221 e. The summed E-state index contributed by atoms with van der Waals surface area (Å²) in [7, 11) is 0. The fourth-order valence-electron chi connectivity index (χ4n) is 1.89. The quantitative estimate of drug-likeness (QED) is 0.630. The van der Waals surface area contributed by atoms with Gasteiger partial charge in [0.1, 0.15) is 0 Å². The number of hydrogen-bond donors (Lipinski definition) is 3. The molecule has 0 rings (SSSR count). The first kappa shape index (κ1) is 18.9. The zero-order valence-corrected chi connectivity index (χ0v) is 13.6. The van der Waals surface area contributed by atoms with Crippen molar-refractivity contribution < 1.29 is 9.59 Å². The number of amides is 2. The van der Waals surface area contributed by atoms with Gasteiger partial charge in [0.05, 0.1) is 0 Å². The lowest BCUT2D eigenvalue weighted by Gasteiger charge is -2.22. The molecule has 0 saturated carbocycles. The minimum absolute atomic E-state index is 0.0296. The Hall–Kier alpha value is -1.10. The molecule has 0 fully saturated rings. The van der Waals surface area contributed by atoms with Crippen molar-refractivity contribution in [3.8, 4) is 0 Å². The van der Waals surface area contributed by atoms with Gasteiger partial charge in [0.25, 0.3) is 0 Å². The predicted molar refractivity (Wildman–Crippen MR) is 82.1 cm³/mol. The van der Waals surface area contributed by atoms with Crippen LogP contribution in [0.15, 0.2) is 0 Å². The van der Waals surface area contributed by atoms with E-state index >= 15 is 0 Å². The zero-order valence-electron chi connectivity index (χ0n) is 13.6. The molecule has 0 aromatic heterocycles. The lowest BCUT2D eigenvalue weighted by Crippen LogP contribution is -2.36. The molecule has 0 heterocycles. The third kappa shape index (κ3) is 12.0. The Morgan fingerprint density at radius 1 is 1.10 bits per heavy atom. The highest BCUT2D eigenvalue weighted by molar-refractivity contribution is 5.79. The van der Waals surface area contributed by atoms with Crippen LogP contribution in [0, 0.1) is 11.3 Å². The van der Waals surface area contributed by atoms with Crippen LogP contribution in [0.3, 0.4) is 0 Å². The van der Waals surface area contributed by atoms with E-state index in [1.54, 1.807) is 0 Å². The van der Waals surface area contributed by atoms with E-state index in [0.29, 0.717) is 31.8 Å². The fourth-order valence-corrected chi connectivity index (χ4v) is 1.89. The van der Waals surface area contributed by atoms with Crippen molar-refractivity contribution in [3.05, 3.63) is 0 Å². The van der Waals surface area contributed by atoms with Gasteiger partial charge in [-0.2, -0.15) is 0 Å². The molecule has 5 nitrogen and oxygen atoms in total. The number of carbonyl (C=O) groups excluding carboxylic acids is 2. The van der Waals surface area contributed by atoms with E-state index in [0.717, 1.165) is 6.42 Å². The Kier molecular flexibility index (Phi) is 8.46. The van der Waals surface area contributed by atoms with Crippen molar-refractivity contribution in [1.82, 2.24) is 10.6 Å². The second-order valence-corrected chi connectivity index (χ2v) is 7.03. The first-order chi connectivity index (χ1) is 9.10. The molecule has 5 heteroatoms. The summed E-state index contributed by atoms with van der Waals surface area (Å²) in [4.78, 5) is 23.1. The highest BCUT2D eigenvalue weighted by atomic mass is 16.2. The van der Waals surface area contributed by atoms with Crippen molar-refractivity contribution >= 4 is 11.8 Å². The summed E-state index contributed by atoms with van der Waals surface area (Å²) >= 11 is 0. The topological polar surface area (TPSA) is 84.2 Å². The molecule has 118 valence electrons. The van der Waals surface area contributed by atoms with Crippen LogP contribution in [-0.2, 0) is 9.59 Å². The van der Waals surface area contributed by atoms with Gasteiger partial charge in [-0.1, -0.05) is 34.6 Å². The van der Waals surface area contributed by atoms with Crippen LogP contribution in [0.2, 0.25) is 0 Å². The highest BCUT2D eigenvalue weighted by Gasteiger charge is 2.18. The smallest absolute Gasteiger partial charge is 0.221 e. The number of nitrogens with two attached hydrogens (primary N) is 1. The average Bonchev–Trinajstić information content (AvgIpc) is 2.23. The third-order valence-electron chi connectivity index (χ3n) is 2.70. The molecule has 0 saturated heterocycles. The van der Waals surface area contributed by atoms with Crippen molar-refractivity contribution in [2.24, 2.45) is 17.1 Å². The summed E-state index contributed by atoms with van der Waals surface area (Å²) < 4.78 is 0. The molecule has 4 N–H and O–H groups in total. The van der Waals surface area contributed by atoms with E-state index in [1.807, 2.05) is 13.8 Å². The summed E-state index contributed by atoms with van der Waals surface area (Å²) in [5, 5.41) is 5.55. The summed E-state index contributed by atoms with van der Waals surface area (Å²) in [6.45, 7) is 11.4. The molecule has 0 aromatic carbocycles. The lowest BCUT2D eigenvalue weighted by atomic mass is 9.87. The van der Waals surface area contributed by atoms with Gasteiger partial charge in [0.15, 0.2) is 0 Å². The molecule has 0 aromatic rings. The van der Waals surface area contributed by atoms with Crippen molar-refractivity contribution in [3.63, 3.8) is 0 Å². The molecule has 20 heavy (non-hydrogen) atoms. The van der Waals surface area contributed by atoms with Crippen molar-refractivity contribution in [1.29, 1.82) is 0 Å². The van der Waals surface area contributed by atoms with Gasteiger partial charge < -0.3 is 16.4 Å². The standard InChI is InChI=1S/C15H31N3O2/c1-11(2)10-18-13(19)6-7-17-14(20)8-12(16)9-15(3,4)5/h11-12H,6-10,16H2,1-5H3,(H,17,20)(H,18,19). The van der Waals surface area contributed by atoms with E-state index in [-0.39, 0.29) is 23.3 Å². The molecule has 0 aliphatic heterocycles. The average molecular weight is 285 g/mol. The summed E-state index contributed by atoms with van der Waals surface area (Å²) in [5.74, 6) is 0.320. The van der Waals surface area contributed by atoms with E-state index in [1.165, 1.54) is 0 Å². The largest absolute Gasteiger partial charge is 0.356 e. The SMILES string of the molecule is CC(C)CNC(=O)CCNC(=O)CC(N)CC(C)(C)C. The van der Waals surface area contributed by atoms with E-state index in [9.17, 15) is 9.59 Å². The fraction of sp³-hybridized carbons (Fsp3) is 0.867. The molecule has 2 amide bonds. The highest BCUT2D eigenvalue weighted by Crippen LogP contribution is 2.20. The van der Waals surface area contributed by atoms with Gasteiger partial charge in [-0.3, -0.25) is 9.59 Å². The number of nitrogens with one attached hydrogen (secondary N) is 2. The second kappa shape index (κ2) is 8.95. The number of hydrogen-bond acceptors (Lipinski definition) is 3. The third-order valence-corrected chi connectivity index (χ3v) is 2.70. The molecular formula is C15H31N3O2. The van der Waals surface area contributed by atoms with Crippen LogP contribution >= 0.6 is 0 Å². The summed E-state index contributed by atoms with van der Waals surface area (Å²) in [6, 6.07) is -0.134. The Bertz CT molecular complexity index is 309.